The third-order valence-corrected chi connectivity index (χ3v) is 11.2. The Hall–Kier alpha value is -0.750. The van der Waals surface area contributed by atoms with Gasteiger partial charge in [0.05, 0.1) is 17.8 Å². The first-order valence-corrected chi connectivity index (χ1v) is 13.5. The molecule has 4 fully saturated rings. The molecule has 0 aromatic carbocycles. The Morgan fingerprint density at radius 2 is 1.88 bits per heavy atom. The molecule has 12 atom stereocenters. The number of likely N-dealkylation sites (tertiary alicyclic amines) is 1. The van der Waals surface area contributed by atoms with Crippen molar-refractivity contribution in [2.75, 3.05) is 13.6 Å². The Labute approximate surface area is 199 Å². The lowest BCUT2D eigenvalue weighted by Gasteiger charge is -2.52. The number of piperidine rings is 1. The number of likely N-dealkylation sites (N-methyl/N-ethyl adjacent to an activating group) is 1. The second kappa shape index (κ2) is 8.15. The van der Waals surface area contributed by atoms with Crippen LogP contribution >= 0.6 is 0 Å². The largest absolute Gasteiger partial charge is 0.393 e. The molecule has 1 unspecified atom stereocenters. The van der Waals surface area contributed by atoms with Gasteiger partial charge in [0.25, 0.3) is 0 Å². The number of allylic oxidation sites excluding steroid dienone is 1. The Kier molecular flexibility index (Phi) is 5.92. The van der Waals surface area contributed by atoms with E-state index in [4.69, 9.17) is 0 Å². The van der Waals surface area contributed by atoms with Crippen LogP contribution in [0.25, 0.3) is 0 Å². The van der Waals surface area contributed by atoms with Crippen molar-refractivity contribution >= 4 is 5.78 Å². The van der Waals surface area contributed by atoms with Crippen LogP contribution in [0.3, 0.4) is 0 Å². The van der Waals surface area contributed by atoms with E-state index >= 15 is 0 Å². The van der Waals surface area contributed by atoms with Gasteiger partial charge in [-0.05, 0) is 87.5 Å². The molecule has 4 aliphatic carbocycles. The van der Waals surface area contributed by atoms with Crippen LogP contribution in [0.5, 0.6) is 0 Å². The first-order valence-electron chi connectivity index (χ1n) is 13.5. The number of rotatable bonds is 2. The van der Waals surface area contributed by atoms with Gasteiger partial charge < -0.3 is 20.2 Å². The summed E-state index contributed by atoms with van der Waals surface area (Å²) in [6.07, 6.45) is 7.16. The second-order valence-corrected chi connectivity index (χ2v) is 13.1. The van der Waals surface area contributed by atoms with Crippen LogP contribution in [0.2, 0.25) is 0 Å². The molecule has 0 spiro atoms. The summed E-state index contributed by atoms with van der Waals surface area (Å²) in [6, 6.07) is 0.0691. The van der Waals surface area contributed by atoms with E-state index in [1.807, 2.05) is 6.92 Å². The van der Waals surface area contributed by atoms with Gasteiger partial charge in [0.15, 0.2) is 0 Å². The third-order valence-electron chi connectivity index (χ3n) is 11.2. The maximum Gasteiger partial charge on any atom is 0.137 e. The lowest BCUT2D eigenvalue weighted by Crippen LogP contribution is -2.57. The number of carbonyl (C=O) groups is 1. The number of aliphatic hydroxyl groups is 3. The second-order valence-electron chi connectivity index (χ2n) is 13.1. The number of ketones is 1. The summed E-state index contributed by atoms with van der Waals surface area (Å²) in [5.74, 6) is 1.82. The van der Waals surface area contributed by atoms with Crippen LogP contribution in [-0.2, 0) is 4.79 Å². The van der Waals surface area contributed by atoms with E-state index in [0.29, 0.717) is 30.5 Å². The van der Waals surface area contributed by atoms with Crippen LogP contribution < -0.4 is 0 Å². The van der Waals surface area contributed by atoms with Gasteiger partial charge in [-0.3, -0.25) is 4.79 Å². The Balaban J connectivity index is 1.42. The predicted octanol–water partition coefficient (Wildman–Crippen LogP) is 3.41. The van der Waals surface area contributed by atoms with Crippen LogP contribution in [0.1, 0.15) is 72.6 Å². The summed E-state index contributed by atoms with van der Waals surface area (Å²) >= 11 is 0. The summed E-state index contributed by atoms with van der Waals surface area (Å²) in [5.41, 5.74) is 0.427. The standard InChI is InChI=1S/C28H45NO4/c1-15-10-25(32)26(29(5)14-15)16(2)20-7-6-18-19-12-24(31)23-11-17(30)8-9-27(23,3)21(19)13-22(18)28(20,4)33/h6,15-17,19-23,25-26,30,32-33H,7-14H2,1-5H3/t15-,16-,17+,19+,20-,21+,22?,23-,25-,26-,27-,28-/m1/s1. The van der Waals surface area contributed by atoms with Gasteiger partial charge in [-0.25, -0.2) is 0 Å². The van der Waals surface area contributed by atoms with Crippen LogP contribution in [0, 0.1) is 46.8 Å². The van der Waals surface area contributed by atoms with Crippen molar-refractivity contribution in [2.45, 2.75) is 96.5 Å². The molecule has 5 rings (SSSR count). The topological polar surface area (TPSA) is 81.0 Å². The summed E-state index contributed by atoms with van der Waals surface area (Å²) < 4.78 is 0. The van der Waals surface area contributed by atoms with Gasteiger partial charge in [0.1, 0.15) is 5.78 Å². The zero-order valence-electron chi connectivity index (χ0n) is 21.2. The van der Waals surface area contributed by atoms with E-state index < -0.39 is 5.60 Å². The average Bonchev–Trinajstić information content (AvgIpc) is 3.09. The molecule has 0 aromatic heterocycles. The highest BCUT2D eigenvalue weighted by Crippen LogP contribution is 2.65. The SMILES string of the molecule is C[C@@H]1C[C@@H](O)[C@@H]([C@H](C)[C@H]2CC=C3C(C[C@H]4[C@H]3CC(=O)[C@H]3C[C@@H](O)CC[C@@]34C)[C@]2(C)O)N(C)C1. The van der Waals surface area contributed by atoms with Gasteiger partial charge in [0, 0.05) is 30.8 Å². The number of aliphatic hydroxyl groups excluding tert-OH is 2. The quantitative estimate of drug-likeness (QED) is 0.552. The van der Waals surface area contributed by atoms with Gasteiger partial charge in [-0.15, -0.1) is 0 Å². The van der Waals surface area contributed by atoms with Gasteiger partial charge in [-0.2, -0.15) is 0 Å². The van der Waals surface area contributed by atoms with Crippen molar-refractivity contribution in [2.24, 2.45) is 46.8 Å². The summed E-state index contributed by atoms with van der Waals surface area (Å²) in [4.78, 5) is 15.5. The molecule has 0 bridgehead atoms. The van der Waals surface area contributed by atoms with Crippen molar-refractivity contribution < 1.29 is 20.1 Å². The van der Waals surface area contributed by atoms with Crippen LogP contribution in [0.15, 0.2) is 11.6 Å². The van der Waals surface area contributed by atoms with E-state index in [0.717, 1.165) is 38.6 Å². The molecule has 186 valence electrons. The molecule has 0 amide bonds. The molecule has 5 nitrogen and oxygen atoms in total. The molecule has 3 N–H and O–H groups in total. The normalized spacial score (nSPS) is 53.6. The molecule has 0 radical (unpaired) electrons. The minimum atomic E-state index is -0.840. The van der Waals surface area contributed by atoms with Crippen molar-refractivity contribution in [3.05, 3.63) is 11.6 Å². The van der Waals surface area contributed by atoms with Crippen LogP contribution in [-0.4, -0.2) is 63.4 Å². The smallest absolute Gasteiger partial charge is 0.137 e. The number of carbonyl (C=O) groups excluding carboxylic acids is 1. The lowest BCUT2D eigenvalue weighted by molar-refractivity contribution is -0.143. The highest BCUT2D eigenvalue weighted by atomic mass is 16.3. The number of hydrogen-bond acceptors (Lipinski definition) is 5. The Bertz CT molecular complexity index is 811. The Morgan fingerprint density at radius 1 is 1.15 bits per heavy atom. The molecule has 1 saturated heterocycles. The molecular formula is C28H45NO4. The fourth-order valence-electron chi connectivity index (χ4n) is 9.55. The monoisotopic (exact) mass is 459 g/mol. The molecule has 0 aromatic rings. The third kappa shape index (κ3) is 3.59. The van der Waals surface area contributed by atoms with Crippen molar-refractivity contribution in [3.63, 3.8) is 0 Å². The fraction of sp³-hybridized carbons (Fsp3) is 0.893. The zero-order valence-corrected chi connectivity index (χ0v) is 21.2. The van der Waals surface area contributed by atoms with Crippen molar-refractivity contribution in [3.8, 4) is 0 Å². The summed E-state index contributed by atoms with van der Waals surface area (Å²) in [7, 11) is 2.12. The van der Waals surface area contributed by atoms with E-state index in [9.17, 15) is 20.1 Å². The van der Waals surface area contributed by atoms with E-state index in [1.165, 1.54) is 5.57 Å². The highest BCUT2D eigenvalue weighted by Gasteiger charge is 2.62. The maximum absolute atomic E-state index is 13.2. The maximum atomic E-state index is 13.2. The minimum absolute atomic E-state index is 0.0315. The molecule has 33 heavy (non-hydrogen) atoms. The van der Waals surface area contributed by atoms with Crippen molar-refractivity contribution in [1.82, 2.24) is 4.90 Å². The minimum Gasteiger partial charge on any atom is -0.393 e. The molecule has 3 saturated carbocycles. The zero-order chi connectivity index (χ0) is 23.9. The number of hydrogen-bond donors (Lipinski definition) is 3. The molecule has 5 heteroatoms. The number of Topliss-reactive ketones (excluding diaryl/α,β-unsaturated/α-hetero) is 1. The van der Waals surface area contributed by atoms with Crippen molar-refractivity contribution in [1.29, 1.82) is 0 Å². The van der Waals surface area contributed by atoms with Crippen LogP contribution in [0.4, 0.5) is 0 Å². The molecule has 1 aliphatic heterocycles. The summed E-state index contributed by atoms with van der Waals surface area (Å²) in [5, 5.41) is 33.3. The first-order chi connectivity index (χ1) is 15.4. The number of fused-ring (bicyclic) bond motifs is 5. The Morgan fingerprint density at radius 3 is 2.58 bits per heavy atom. The molecule has 5 aliphatic rings. The lowest BCUT2D eigenvalue weighted by atomic mass is 9.52. The predicted molar refractivity (Wildman–Crippen MR) is 128 cm³/mol. The van der Waals surface area contributed by atoms with Gasteiger partial charge >= 0.3 is 0 Å². The molecule has 1 heterocycles. The number of nitrogens with zero attached hydrogens (tertiary/aromatic N) is 1. The molecular weight excluding hydrogens is 414 g/mol. The summed E-state index contributed by atoms with van der Waals surface area (Å²) in [6.45, 7) is 9.74. The van der Waals surface area contributed by atoms with E-state index in [-0.39, 0.29) is 53.3 Å². The fourth-order valence-corrected chi connectivity index (χ4v) is 9.55. The van der Waals surface area contributed by atoms with E-state index in [2.05, 4.69) is 38.8 Å². The average molecular weight is 460 g/mol. The van der Waals surface area contributed by atoms with Gasteiger partial charge in [-0.1, -0.05) is 32.4 Å². The van der Waals surface area contributed by atoms with E-state index in [1.54, 1.807) is 0 Å². The highest BCUT2D eigenvalue weighted by molar-refractivity contribution is 5.84. The van der Waals surface area contributed by atoms with Gasteiger partial charge in [0.2, 0.25) is 0 Å². The first kappa shape index (κ1) is 24.0.